The van der Waals surface area contributed by atoms with Gasteiger partial charge in [0.05, 0.1) is 16.0 Å². The van der Waals surface area contributed by atoms with Gasteiger partial charge in [-0.1, -0.05) is 48.2 Å². The van der Waals surface area contributed by atoms with Crippen LogP contribution in [0.4, 0.5) is 0 Å². The van der Waals surface area contributed by atoms with Crippen LogP contribution in [-0.4, -0.2) is 16.6 Å². The first-order valence-electron chi connectivity index (χ1n) is 8.15. The average Bonchev–Trinajstić information content (AvgIpc) is 3.34. The van der Waals surface area contributed by atoms with Crippen LogP contribution in [0.25, 0.3) is 21.3 Å². The average molecular weight is 397 g/mol. The van der Waals surface area contributed by atoms with E-state index in [1.807, 2.05) is 30.3 Å². The third-order valence-corrected chi connectivity index (χ3v) is 6.79. The summed E-state index contributed by atoms with van der Waals surface area (Å²) in [6.07, 6.45) is 0. The summed E-state index contributed by atoms with van der Waals surface area (Å²) in [5.74, 6) is 0.398. The molecule has 0 atom stereocenters. The Labute approximate surface area is 164 Å². The molecule has 3 nitrogen and oxygen atoms in total. The molecule has 130 valence electrons. The van der Waals surface area contributed by atoms with Crippen molar-refractivity contribution in [2.75, 3.05) is 5.75 Å². The number of carbonyl (C=O) groups excluding carboxylic acids is 1. The molecule has 0 unspecified atom stereocenters. The number of thiophene rings is 1. The van der Waals surface area contributed by atoms with Crippen LogP contribution in [0.3, 0.4) is 0 Å². The molecular formula is C20H16N2OS3. The number of hydrogen-bond acceptors (Lipinski definition) is 5. The lowest BCUT2D eigenvalue weighted by Gasteiger charge is -2.09. The molecule has 0 bridgehead atoms. The van der Waals surface area contributed by atoms with Crippen molar-refractivity contribution in [2.45, 2.75) is 10.9 Å². The summed E-state index contributed by atoms with van der Waals surface area (Å²) >= 11 is 4.79. The molecule has 0 radical (unpaired) electrons. The van der Waals surface area contributed by atoms with Gasteiger partial charge >= 0.3 is 0 Å². The number of fused-ring (bicyclic) bond motifs is 1. The molecule has 0 spiro atoms. The van der Waals surface area contributed by atoms with Crippen LogP contribution in [0.5, 0.6) is 0 Å². The SMILES string of the molecule is O=C(CSc1nc2ccccc2s1)NCc1ccccc1-c1ccsc1. The van der Waals surface area contributed by atoms with Gasteiger partial charge in [0, 0.05) is 6.54 Å². The standard InChI is InChI=1S/C20H16N2OS3/c23-19(13-25-20-22-17-7-3-4-8-18(17)26-20)21-11-14-5-1-2-6-16(14)15-9-10-24-12-15/h1-10,12H,11,13H2,(H,21,23). The minimum absolute atomic E-state index is 0.0226. The van der Waals surface area contributed by atoms with E-state index in [-0.39, 0.29) is 5.91 Å². The van der Waals surface area contributed by atoms with Gasteiger partial charge in [-0.3, -0.25) is 4.79 Å². The first kappa shape index (κ1) is 17.3. The molecule has 0 aliphatic rings. The summed E-state index contributed by atoms with van der Waals surface area (Å²) < 4.78 is 2.08. The van der Waals surface area contributed by atoms with E-state index in [0.717, 1.165) is 20.1 Å². The number of aromatic nitrogens is 1. The number of para-hydroxylation sites is 1. The molecule has 0 fully saturated rings. The Balaban J connectivity index is 1.36. The molecule has 4 aromatic rings. The second-order valence-electron chi connectivity index (χ2n) is 5.68. The fourth-order valence-electron chi connectivity index (χ4n) is 2.66. The van der Waals surface area contributed by atoms with Crippen molar-refractivity contribution in [3.63, 3.8) is 0 Å². The van der Waals surface area contributed by atoms with Crippen LogP contribution in [-0.2, 0) is 11.3 Å². The van der Waals surface area contributed by atoms with E-state index in [9.17, 15) is 4.79 Å². The maximum atomic E-state index is 12.2. The molecule has 0 aliphatic heterocycles. The molecule has 1 N–H and O–H groups in total. The molecular weight excluding hydrogens is 380 g/mol. The van der Waals surface area contributed by atoms with Crippen molar-refractivity contribution >= 4 is 50.6 Å². The largest absolute Gasteiger partial charge is 0.351 e. The predicted octanol–water partition coefficient (Wildman–Crippen LogP) is 5.43. The molecule has 4 rings (SSSR count). The lowest BCUT2D eigenvalue weighted by atomic mass is 10.0. The quantitative estimate of drug-likeness (QED) is 0.442. The molecule has 0 aliphatic carbocycles. The third kappa shape index (κ3) is 3.98. The molecule has 1 amide bonds. The minimum Gasteiger partial charge on any atom is -0.351 e. The molecule has 6 heteroatoms. The van der Waals surface area contributed by atoms with Crippen molar-refractivity contribution in [2.24, 2.45) is 0 Å². The topological polar surface area (TPSA) is 42.0 Å². The van der Waals surface area contributed by atoms with Crippen molar-refractivity contribution in [3.05, 3.63) is 70.9 Å². The van der Waals surface area contributed by atoms with Gasteiger partial charge in [-0.2, -0.15) is 11.3 Å². The lowest BCUT2D eigenvalue weighted by molar-refractivity contribution is -0.118. The molecule has 2 heterocycles. The Morgan fingerprint density at radius 2 is 1.92 bits per heavy atom. The van der Waals surface area contributed by atoms with Crippen molar-refractivity contribution in [1.82, 2.24) is 10.3 Å². The van der Waals surface area contributed by atoms with Gasteiger partial charge in [0.1, 0.15) is 0 Å². The summed E-state index contributed by atoms with van der Waals surface area (Å²) in [7, 11) is 0. The van der Waals surface area contributed by atoms with Crippen LogP contribution in [0.15, 0.2) is 69.7 Å². The highest BCUT2D eigenvalue weighted by Gasteiger charge is 2.09. The summed E-state index contributed by atoms with van der Waals surface area (Å²) in [5.41, 5.74) is 4.49. The Hall–Kier alpha value is -2.15. The maximum absolute atomic E-state index is 12.2. The number of amides is 1. The van der Waals surface area contributed by atoms with E-state index in [4.69, 9.17) is 0 Å². The Morgan fingerprint density at radius 3 is 2.77 bits per heavy atom. The monoisotopic (exact) mass is 396 g/mol. The van der Waals surface area contributed by atoms with Gasteiger partial charge in [-0.05, 0) is 45.6 Å². The van der Waals surface area contributed by atoms with Gasteiger partial charge < -0.3 is 5.32 Å². The zero-order valence-electron chi connectivity index (χ0n) is 13.8. The van der Waals surface area contributed by atoms with Gasteiger partial charge in [-0.15, -0.1) is 11.3 Å². The first-order chi connectivity index (χ1) is 12.8. The van der Waals surface area contributed by atoms with Crippen molar-refractivity contribution in [3.8, 4) is 11.1 Å². The predicted molar refractivity (Wildman–Crippen MR) is 112 cm³/mol. The number of benzene rings is 2. The lowest BCUT2D eigenvalue weighted by Crippen LogP contribution is -2.24. The number of rotatable bonds is 6. The number of thioether (sulfide) groups is 1. The number of thiazole rings is 1. The minimum atomic E-state index is 0.0226. The van der Waals surface area contributed by atoms with Gasteiger partial charge in [0.15, 0.2) is 4.34 Å². The molecule has 0 saturated heterocycles. The van der Waals surface area contributed by atoms with Crippen LogP contribution < -0.4 is 5.32 Å². The number of nitrogens with zero attached hydrogens (tertiary/aromatic N) is 1. The van der Waals surface area contributed by atoms with Gasteiger partial charge in [-0.25, -0.2) is 4.98 Å². The summed E-state index contributed by atoms with van der Waals surface area (Å²) in [6.45, 7) is 0.533. The Morgan fingerprint density at radius 1 is 1.08 bits per heavy atom. The van der Waals surface area contributed by atoms with E-state index in [0.29, 0.717) is 12.3 Å². The van der Waals surface area contributed by atoms with Crippen LogP contribution in [0, 0.1) is 0 Å². The Kier molecular flexibility index (Phi) is 5.34. The van der Waals surface area contributed by atoms with Gasteiger partial charge in [0.25, 0.3) is 0 Å². The third-order valence-electron chi connectivity index (χ3n) is 3.93. The van der Waals surface area contributed by atoms with Crippen molar-refractivity contribution < 1.29 is 4.79 Å². The van der Waals surface area contributed by atoms with Crippen LogP contribution >= 0.6 is 34.4 Å². The highest BCUT2D eigenvalue weighted by atomic mass is 32.2. The van der Waals surface area contributed by atoms with E-state index < -0.39 is 0 Å². The van der Waals surface area contributed by atoms with E-state index in [2.05, 4.69) is 45.3 Å². The van der Waals surface area contributed by atoms with E-state index in [1.165, 1.54) is 22.9 Å². The number of hydrogen-bond donors (Lipinski definition) is 1. The van der Waals surface area contributed by atoms with Gasteiger partial charge in [0.2, 0.25) is 5.91 Å². The molecule has 2 aromatic carbocycles. The summed E-state index contributed by atoms with van der Waals surface area (Å²) in [4.78, 5) is 16.8. The molecule has 2 aromatic heterocycles. The normalized spacial score (nSPS) is 10.9. The fraction of sp³-hybridized carbons (Fsp3) is 0.100. The second kappa shape index (κ2) is 8.03. The summed E-state index contributed by atoms with van der Waals surface area (Å²) in [6, 6.07) is 18.3. The molecule has 0 saturated carbocycles. The first-order valence-corrected chi connectivity index (χ1v) is 10.9. The molecule has 26 heavy (non-hydrogen) atoms. The fourth-order valence-corrected chi connectivity index (χ4v) is 5.21. The Bertz CT molecular complexity index is 991. The smallest absolute Gasteiger partial charge is 0.230 e. The number of nitrogens with one attached hydrogen (secondary N) is 1. The van der Waals surface area contributed by atoms with Crippen molar-refractivity contribution in [1.29, 1.82) is 0 Å². The maximum Gasteiger partial charge on any atom is 0.230 e. The zero-order chi connectivity index (χ0) is 17.8. The zero-order valence-corrected chi connectivity index (χ0v) is 16.3. The second-order valence-corrected chi connectivity index (χ2v) is 8.72. The van der Waals surface area contributed by atoms with E-state index in [1.54, 1.807) is 22.7 Å². The summed E-state index contributed by atoms with van der Waals surface area (Å²) in [5, 5.41) is 7.22. The highest BCUT2D eigenvalue weighted by molar-refractivity contribution is 8.01. The van der Waals surface area contributed by atoms with E-state index >= 15 is 0 Å². The number of carbonyl (C=O) groups is 1. The van der Waals surface area contributed by atoms with Crippen LogP contribution in [0.1, 0.15) is 5.56 Å². The highest BCUT2D eigenvalue weighted by Crippen LogP contribution is 2.29. The van der Waals surface area contributed by atoms with Crippen LogP contribution in [0.2, 0.25) is 0 Å².